The predicted molar refractivity (Wildman–Crippen MR) is 337 cm³/mol. The number of unbranched alkanes of at least 4 members (excludes halogenated alkanes) is 47. The van der Waals surface area contributed by atoms with Crippen LogP contribution in [-0.2, 0) is 14.3 Å². The number of hydrogen-bond acceptors (Lipinski definition) is 8. The van der Waals surface area contributed by atoms with Crippen LogP contribution in [0.25, 0.3) is 0 Å². The van der Waals surface area contributed by atoms with Crippen LogP contribution in [-0.4, -0.2) is 87.5 Å². The highest BCUT2D eigenvalue weighted by Gasteiger charge is 2.44. The third-order valence-corrected chi connectivity index (χ3v) is 16.7. The van der Waals surface area contributed by atoms with Crippen LogP contribution >= 0.6 is 0 Å². The summed E-state index contributed by atoms with van der Waals surface area (Å²) in [6.45, 7) is 3.82. The first-order valence-electron chi connectivity index (χ1n) is 34.7. The van der Waals surface area contributed by atoms with Gasteiger partial charge in [0.05, 0.1) is 25.4 Å². The third-order valence-electron chi connectivity index (χ3n) is 16.7. The van der Waals surface area contributed by atoms with Gasteiger partial charge in [-0.15, -0.1) is 0 Å². The van der Waals surface area contributed by atoms with Crippen molar-refractivity contribution >= 4 is 5.91 Å². The zero-order valence-electron chi connectivity index (χ0n) is 52.2. The fraction of sp³-hybridized carbons (Fsp3) is 0.900. The van der Waals surface area contributed by atoms with Crippen LogP contribution < -0.4 is 5.32 Å². The number of aliphatic hydroxyl groups is 5. The van der Waals surface area contributed by atoms with E-state index < -0.39 is 49.5 Å². The summed E-state index contributed by atoms with van der Waals surface area (Å²) in [7, 11) is 0. The van der Waals surface area contributed by atoms with Crippen molar-refractivity contribution in [3.8, 4) is 0 Å². The van der Waals surface area contributed by atoms with E-state index in [1.807, 2.05) is 6.08 Å². The second kappa shape index (κ2) is 59.6. The minimum absolute atomic E-state index is 0.170. The Morgan fingerprint density at radius 2 is 0.747 bits per heavy atom. The van der Waals surface area contributed by atoms with Crippen molar-refractivity contribution < 1.29 is 39.8 Å². The van der Waals surface area contributed by atoms with Crippen molar-refractivity contribution in [1.82, 2.24) is 5.32 Å². The lowest BCUT2D eigenvalue weighted by Gasteiger charge is -2.40. The molecule has 6 N–H and O–H groups in total. The van der Waals surface area contributed by atoms with Crippen molar-refractivity contribution in [3.05, 3.63) is 36.5 Å². The average Bonchev–Trinajstić information content (AvgIpc) is 3.47. The second-order valence-electron chi connectivity index (χ2n) is 24.3. The molecular weight excluding hydrogens is 983 g/mol. The molecule has 0 saturated carbocycles. The molecule has 0 spiro atoms. The molecule has 9 heteroatoms. The summed E-state index contributed by atoms with van der Waals surface area (Å²) in [5, 5.41) is 54.8. The van der Waals surface area contributed by atoms with Gasteiger partial charge in [-0.05, 0) is 51.4 Å². The minimum Gasteiger partial charge on any atom is -0.394 e. The van der Waals surface area contributed by atoms with E-state index in [0.29, 0.717) is 6.42 Å². The molecule has 0 aliphatic carbocycles. The smallest absolute Gasteiger partial charge is 0.220 e. The van der Waals surface area contributed by atoms with Crippen LogP contribution in [0.4, 0.5) is 0 Å². The fourth-order valence-electron chi connectivity index (χ4n) is 11.3. The molecule has 79 heavy (non-hydrogen) atoms. The number of carbonyl (C=O) groups is 1. The van der Waals surface area contributed by atoms with Crippen molar-refractivity contribution in [3.63, 3.8) is 0 Å². The number of ether oxygens (including phenoxy) is 2. The zero-order valence-corrected chi connectivity index (χ0v) is 52.2. The van der Waals surface area contributed by atoms with Gasteiger partial charge in [-0.3, -0.25) is 4.79 Å². The SMILES string of the molecule is CCCCCCC/C=C\C/C=C\CCCCCCCCCCCCCCCCCCCCCC(=O)NC(COC1OC(CO)C(O)C(O)C1O)C(O)/C=C/CCCCCCCCCCCCCCCCCCCCCCCCC. The number of hydrogen-bond donors (Lipinski definition) is 6. The van der Waals surface area contributed by atoms with E-state index in [-0.39, 0.29) is 12.5 Å². The molecule has 7 unspecified atom stereocenters. The van der Waals surface area contributed by atoms with Crippen LogP contribution in [0.5, 0.6) is 0 Å². The minimum atomic E-state index is -1.57. The quantitative estimate of drug-likeness (QED) is 0.0261. The van der Waals surface area contributed by atoms with Gasteiger partial charge in [-0.25, -0.2) is 0 Å². The summed E-state index contributed by atoms with van der Waals surface area (Å²) in [6, 6.07) is -0.805. The Morgan fingerprint density at radius 3 is 1.09 bits per heavy atom. The van der Waals surface area contributed by atoms with Gasteiger partial charge in [-0.2, -0.15) is 0 Å². The molecule has 1 aliphatic rings. The standard InChI is InChI=1S/C70H133NO8/c1-3-5-7-9-11-13-15-17-19-21-23-25-27-29-30-31-32-33-34-36-38-40-42-44-46-48-50-52-54-56-58-60-66(74)71-63(62-78-70-69(77)68(76)67(75)65(61-72)79-70)64(73)59-57-55-53-51-49-47-45-43-41-39-37-35-28-26-24-22-20-18-16-14-12-10-8-6-4-2/h15,17,21,23,57,59,63-65,67-70,72-73,75-77H,3-14,16,18-20,22,24-56,58,60-62H2,1-2H3,(H,71,74)/b17-15-,23-21-,59-57+. The average molecular weight is 1120 g/mol. The number of amides is 1. The van der Waals surface area contributed by atoms with E-state index in [0.717, 1.165) is 44.9 Å². The van der Waals surface area contributed by atoms with Gasteiger partial charge in [0.1, 0.15) is 24.4 Å². The number of nitrogens with one attached hydrogen (secondary N) is 1. The molecule has 0 bridgehead atoms. The van der Waals surface area contributed by atoms with Gasteiger partial charge < -0.3 is 40.3 Å². The largest absolute Gasteiger partial charge is 0.394 e. The lowest BCUT2D eigenvalue weighted by atomic mass is 9.99. The Labute approximate surface area is 489 Å². The Morgan fingerprint density at radius 1 is 0.430 bits per heavy atom. The van der Waals surface area contributed by atoms with Crippen molar-refractivity contribution in [2.24, 2.45) is 0 Å². The summed E-state index contributed by atoms with van der Waals surface area (Å²) < 4.78 is 11.3. The number of rotatable bonds is 61. The second-order valence-corrected chi connectivity index (χ2v) is 24.3. The molecule has 1 amide bonds. The first-order valence-corrected chi connectivity index (χ1v) is 34.7. The lowest BCUT2D eigenvalue weighted by molar-refractivity contribution is -0.302. The van der Waals surface area contributed by atoms with Gasteiger partial charge in [0.25, 0.3) is 0 Å². The van der Waals surface area contributed by atoms with E-state index in [4.69, 9.17) is 9.47 Å². The van der Waals surface area contributed by atoms with Gasteiger partial charge in [0.2, 0.25) is 5.91 Å². The molecule has 1 saturated heterocycles. The molecule has 466 valence electrons. The normalized spacial score (nSPS) is 18.7. The van der Waals surface area contributed by atoms with E-state index >= 15 is 0 Å². The summed E-state index contributed by atoms with van der Waals surface area (Å²) in [5.74, 6) is -0.170. The van der Waals surface area contributed by atoms with Gasteiger partial charge in [-0.1, -0.05) is 326 Å². The monoisotopic (exact) mass is 1120 g/mol. The molecule has 1 heterocycles. The van der Waals surface area contributed by atoms with E-state index in [1.165, 1.54) is 283 Å². The molecule has 1 aliphatic heterocycles. The fourth-order valence-corrected chi connectivity index (χ4v) is 11.3. The molecule has 1 fully saturated rings. The maximum absolute atomic E-state index is 13.1. The van der Waals surface area contributed by atoms with Crippen LogP contribution in [0.2, 0.25) is 0 Å². The number of carbonyl (C=O) groups excluding carboxylic acids is 1. The van der Waals surface area contributed by atoms with Crippen LogP contribution in [0.1, 0.15) is 348 Å². The van der Waals surface area contributed by atoms with Gasteiger partial charge in [0.15, 0.2) is 6.29 Å². The van der Waals surface area contributed by atoms with Crippen LogP contribution in [0.15, 0.2) is 36.5 Å². The summed E-state index contributed by atoms with van der Waals surface area (Å²) >= 11 is 0. The van der Waals surface area contributed by atoms with Crippen molar-refractivity contribution in [2.45, 2.75) is 391 Å². The van der Waals surface area contributed by atoms with E-state index in [2.05, 4.69) is 43.5 Å². The summed E-state index contributed by atoms with van der Waals surface area (Å²) in [5.41, 5.74) is 0. The predicted octanol–water partition coefficient (Wildman–Crippen LogP) is 18.6. The third kappa shape index (κ3) is 48.5. The highest BCUT2D eigenvalue weighted by atomic mass is 16.7. The Hall–Kier alpha value is -1.59. The van der Waals surface area contributed by atoms with Crippen molar-refractivity contribution in [2.75, 3.05) is 13.2 Å². The number of aliphatic hydroxyl groups excluding tert-OH is 5. The molecule has 1 rings (SSSR count). The molecular formula is C70H133NO8. The Kier molecular flexibility index (Phi) is 56.9. The topological polar surface area (TPSA) is 149 Å². The molecule has 0 radical (unpaired) electrons. The lowest BCUT2D eigenvalue weighted by Crippen LogP contribution is -2.60. The molecule has 0 aromatic carbocycles. The zero-order chi connectivity index (χ0) is 57.2. The molecule has 7 atom stereocenters. The maximum Gasteiger partial charge on any atom is 0.220 e. The van der Waals surface area contributed by atoms with Crippen LogP contribution in [0, 0.1) is 0 Å². The van der Waals surface area contributed by atoms with E-state index in [1.54, 1.807) is 6.08 Å². The Balaban J connectivity index is 2.13. The molecule has 0 aromatic rings. The van der Waals surface area contributed by atoms with E-state index in [9.17, 15) is 30.3 Å². The first-order chi connectivity index (χ1) is 38.8. The summed E-state index contributed by atoms with van der Waals surface area (Å²) in [6.07, 6.45) is 72.4. The molecule has 9 nitrogen and oxygen atoms in total. The highest BCUT2D eigenvalue weighted by molar-refractivity contribution is 5.76. The first kappa shape index (κ1) is 75.4. The highest BCUT2D eigenvalue weighted by Crippen LogP contribution is 2.23. The maximum atomic E-state index is 13.1. The molecule has 0 aromatic heterocycles. The van der Waals surface area contributed by atoms with Gasteiger partial charge in [0, 0.05) is 6.42 Å². The summed E-state index contributed by atoms with van der Waals surface area (Å²) in [4.78, 5) is 13.1. The number of allylic oxidation sites excluding steroid dienone is 5. The van der Waals surface area contributed by atoms with Gasteiger partial charge >= 0.3 is 0 Å². The van der Waals surface area contributed by atoms with Crippen LogP contribution in [0.3, 0.4) is 0 Å². The van der Waals surface area contributed by atoms with Crippen molar-refractivity contribution in [1.29, 1.82) is 0 Å². The Bertz CT molecular complexity index is 1340.